The molecule has 0 aliphatic carbocycles. The first-order valence-corrected chi connectivity index (χ1v) is 9.74. The number of ether oxygens (including phenoxy) is 1. The lowest BCUT2D eigenvalue weighted by atomic mass is 10.1. The minimum atomic E-state index is -0.779. The number of para-hydroxylation sites is 1. The molecule has 1 aromatic heterocycles. The fourth-order valence-electron chi connectivity index (χ4n) is 3.98. The topological polar surface area (TPSA) is 140 Å². The molecule has 10 nitrogen and oxygen atoms in total. The van der Waals surface area contributed by atoms with Crippen molar-refractivity contribution < 1.29 is 34.4 Å². The zero-order valence-corrected chi connectivity index (χ0v) is 17.3. The quantitative estimate of drug-likeness (QED) is 0.604. The van der Waals surface area contributed by atoms with Crippen LogP contribution in [0, 0.1) is 12.8 Å². The fourth-order valence-corrected chi connectivity index (χ4v) is 3.98. The van der Waals surface area contributed by atoms with Crippen LogP contribution in [0.5, 0.6) is 0 Å². The summed E-state index contributed by atoms with van der Waals surface area (Å²) in [7, 11) is 0. The SMILES string of the molecule is Cc1cc(N2C[C@@H]3COC[C@H](C2)N(CC(=O)O)C3)nc2ccccc12.O=CO.O=CO. The van der Waals surface area contributed by atoms with E-state index < -0.39 is 5.97 Å². The molecular formula is C21H27N3O7. The van der Waals surface area contributed by atoms with Crippen molar-refractivity contribution in [3.8, 4) is 0 Å². The molecule has 2 aliphatic heterocycles. The minimum absolute atomic E-state index is 0.0720. The second-order valence-electron chi connectivity index (χ2n) is 7.31. The van der Waals surface area contributed by atoms with Crippen LogP contribution in [-0.4, -0.2) is 89.6 Å². The number of aryl methyl sites for hydroxylation is 1. The molecule has 2 atom stereocenters. The Morgan fingerprint density at radius 3 is 2.52 bits per heavy atom. The number of hydrogen-bond acceptors (Lipinski definition) is 7. The van der Waals surface area contributed by atoms with Gasteiger partial charge in [-0.15, -0.1) is 0 Å². The molecule has 4 rings (SSSR count). The standard InChI is InChI=1S/C19H23N3O3.2CH2O2/c1-13-6-18(20-17-5-3-2-4-16(13)17)22-8-14-7-21(10-19(23)24)15(9-22)12-25-11-14;2*2-1-3/h2-6,14-15H,7-12H2,1H3,(H,23,24);2*1H,(H,2,3)/t14-,15+;;/m1../s1. The first-order chi connectivity index (χ1) is 14.9. The molecule has 0 radical (unpaired) electrons. The van der Waals surface area contributed by atoms with Crippen molar-refractivity contribution in [1.82, 2.24) is 9.88 Å². The summed E-state index contributed by atoms with van der Waals surface area (Å²) in [5.74, 6) is 0.490. The molecule has 2 aliphatic rings. The van der Waals surface area contributed by atoms with Crippen molar-refractivity contribution in [2.45, 2.75) is 13.0 Å². The van der Waals surface area contributed by atoms with Crippen LogP contribution < -0.4 is 4.90 Å². The van der Waals surface area contributed by atoms with Gasteiger partial charge in [-0.05, 0) is 24.6 Å². The van der Waals surface area contributed by atoms with Crippen LogP contribution in [0.3, 0.4) is 0 Å². The van der Waals surface area contributed by atoms with Crippen LogP contribution in [0.4, 0.5) is 5.82 Å². The van der Waals surface area contributed by atoms with E-state index in [1.165, 1.54) is 10.9 Å². The third-order valence-electron chi connectivity index (χ3n) is 5.15. The van der Waals surface area contributed by atoms with Crippen molar-refractivity contribution in [1.29, 1.82) is 0 Å². The minimum Gasteiger partial charge on any atom is -0.483 e. The number of rotatable bonds is 3. The van der Waals surface area contributed by atoms with Crippen LogP contribution in [0.25, 0.3) is 10.9 Å². The summed E-state index contributed by atoms with van der Waals surface area (Å²) >= 11 is 0. The molecule has 168 valence electrons. The number of anilines is 1. The van der Waals surface area contributed by atoms with Gasteiger partial charge in [-0.1, -0.05) is 18.2 Å². The van der Waals surface area contributed by atoms with Crippen LogP contribution >= 0.6 is 0 Å². The maximum Gasteiger partial charge on any atom is 0.317 e. The highest BCUT2D eigenvalue weighted by Gasteiger charge is 2.34. The Labute approximate surface area is 179 Å². The number of aliphatic carboxylic acids is 1. The number of carboxylic acids is 1. The Morgan fingerprint density at radius 2 is 1.84 bits per heavy atom. The summed E-state index contributed by atoms with van der Waals surface area (Å²) in [6, 6.07) is 10.4. The van der Waals surface area contributed by atoms with Gasteiger partial charge in [-0.3, -0.25) is 19.3 Å². The second kappa shape index (κ2) is 11.8. The molecule has 0 amide bonds. The first-order valence-electron chi connectivity index (χ1n) is 9.74. The van der Waals surface area contributed by atoms with E-state index in [2.05, 4.69) is 24.0 Å². The summed E-state index contributed by atoms with van der Waals surface area (Å²) in [6.45, 7) is 5.29. The number of hydrogen-bond donors (Lipinski definition) is 3. The van der Waals surface area contributed by atoms with Gasteiger partial charge in [0.05, 0.1) is 31.3 Å². The van der Waals surface area contributed by atoms with Gasteiger partial charge in [0.25, 0.3) is 12.9 Å². The zero-order chi connectivity index (χ0) is 22.8. The highest BCUT2D eigenvalue weighted by molar-refractivity contribution is 5.83. The van der Waals surface area contributed by atoms with E-state index in [0.29, 0.717) is 19.1 Å². The number of pyridine rings is 1. The molecule has 2 fully saturated rings. The van der Waals surface area contributed by atoms with Gasteiger partial charge in [-0.2, -0.15) is 0 Å². The predicted octanol–water partition coefficient (Wildman–Crippen LogP) is 1.17. The Balaban J connectivity index is 0.000000513. The van der Waals surface area contributed by atoms with Crippen LogP contribution in [0.15, 0.2) is 30.3 Å². The highest BCUT2D eigenvalue weighted by Crippen LogP contribution is 2.27. The van der Waals surface area contributed by atoms with Gasteiger partial charge >= 0.3 is 5.97 Å². The monoisotopic (exact) mass is 433 g/mol. The van der Waals surface area contributed by atoms with Gasteiger partial charge in [0.15, 0.2) is 0 Å². The van der Waals surface area contributed by atoms with Gasteiger partial charge in [-0.25, -0.2) is 4.98 Å². The van der Waals surface area contributed by atoms with Crippen molar-refractivity contribution in [3.05, 3.63) is 35.9 Å². The highest BCUT2D eigenvalue weighted by atomic mass is 16.5. The van der Waals surface area contributed by atoms with E-state index in [-0.39, 0.29) is 25.5 Å². The second-order valence-corrected chi connectivity index (χ2v) is 7.31. The van der Waals surface area contributed by atoms with Crippen molar-refractivity contribution in [2.75, 3.05) is 44.3 Å². The Kier molecular flexibility index (Phi) is 9.16. The smallest absolute Gasteiger partial charge is 0.317 e. The number of nitrogens with zero attached hydrogens (tertiary/aromatic N) is 3. The first kappa shape index (κ1) is 24.0. The van der Waals surface area contributed by atoms with E-state index in [4.69, 9.17) is 29.5 Å². The summed E-state index contributed by atoms with van der Waals surface area (Å²) in [5, 5.41) is 24.2. The largest absolute Gasteiger partial charge is 0.483 e. The third-order valence-corrected chi connectivity index (χ3v) is 5.15. The van der Waals surface area contributed by atoms with E-state index >= 15 is 0 Å². The van der Waals surface area contributed by atoms with Crippen molar-refractivity contribution in [3.63, 3.8) is 0 Å². The zero-order valence-electron chi connectivity index (χ0n) is 17.3. The summed E-state index contributed by atoms with van der Waals surface area (Å²) < 4.78 is 5.77. The third kappa shape index (κ3) is 6.63. The van der Waals surface area contributed by atoms with E-state index in [1.807, 2.05) is 23.1 Å². The maximum absolute atomic E-state index is 11.2. The van der Waals surface area contributed by atoms with Crippen LogP contribution in [-0.2, 0) is 19.1 Å². The molecule has 0 spiro atoms. The van der Waals surface area contributed by atoms with Crippen LogP contribution in [0.2, 0.25) is 0 Å². The molecule has 2 aromatic rings. The average molecular weight is 433 g/mol. The number of fused-ring (bicyclic) bond motifs is 4. The number of carbonyl (C=O) groups is 3. The summed E-state index contributed by atoms with van der Waals surface area (Å²) in [5.41, 5.74) is 2.22. The molecule has 10 heteroatoms. The Hall–Kier alpha value is -3.24. The fraction of sp³-hybridized carbons (Fsp3) is 0.429. The lowest BCUT2D eigenvalue weighted by Gasteiger charge is -2.31. The normalized spacial score (nSPS) is 20.4. The summed E-state index contributed by atoms with van der Waals surface area (Å²) in [4.78, 5) is 37.1. The molecule has 0 unspecified atom stereocenters. The van der Waals surface area contributed by atoms with Crippen LogP contribution in [0.1, 0.15) is 5.56 Å². The number of carboxylic acid groups (broad SMARTS) is 3. The number of benzene rings is 1. The molecule has 2 bridgehead atoms. The molecule has 31 heavy (non-hydrogen) atoms. The van der Waals surface area contributed by atoms with Crippen molar-refractivity contribution in [2.24, 2.45) is 5.92 Å². The molecule has 3 N–H and O–H groups in total. The van der Waals surface area contributed by atoms with Crippen molar-refractivity contribution >= 4 is 35.6 Å². The lowest BCUT2D eigenvalue weighted by molar-refractivity contribution is -0.139. The van der Waals surface area contributed by atoms with Gasteiger partial charge in [0.2, 0.25) is 0 Å². The average Bonchev–Trinajstić information content (AvgIpc) is 2.98. The van der Waals surface area contributed by atoms with E-state index in [0.717, 1.165) is 31.0 Å². The van der Waals surface area contributed by atoms with Gasteiger partial charge in [0.1, 0.15) is 5.82 Å². The number of aromatic nitrogens is 1. The molecule has 1 aromatic carbocycles. The Bertz CT molecular complexity index is 886. The lowest BCUT2D eigenvalue weighted by Crippen LogP contribution is -2.45. The predicted molar refractivity (Wildman–Crippen MR) is 113 cm³/mol. The molecule has 0 saturated carbocycles. The van der Waals surface area contributed by atoms with E-state index in [9.17, 15) is 9.90 Å². The molecular weight excluding hydrogens is 406 g/mol. The maximum atomic E-state index is 11.2. The summed E-state index contributed by atoms with van der Waals surface area (Å²) in [6.07, 6.45) is 0. The van der Waals surface area contributed by atoms with E-state index in [1.54, 1.807) is 0 Å². The van der Waals surface area contributed by atoms with Gasteiger partial charge in [0, 0.05) is 30.9 Å². The Morgan fingerprint density at radius 1 is 1.16 bits per heavy atom. The molecule has 3 heterocycles. The van der Waals surface area contributed by atoms with Gasteiger partial charge < -0.3 is 25.0 Å². The molecule has 2 saturated heterocycles.